The summed E-state index contributed by atoms with van der Waals surface area (Å²) < 4.78 is 44.5. The molecule has 3 aromatic rings. The predicted molar refractivity (Wildman–Crippen MR) is 143 cm³/mol. The Morgan fingerprint density at radius 2 is 1.61 bits per heavy atom. The first-order valence-electron chi connectivity index (χ1n) is 12.6. The lowest BCUT2D eigenvalue weighted by Gasteiger charge is -2.40. The molecule has 1 aliphatic heterocycles. The van der Waals surface area contributed by atoms with Crippen molar-refractivity contribution < 1.29 is 37.1 Å². The van der Waals surface area contributed by atoms with Gasteiger partial charge >= 0.3 is 18.2 Å². The van der Waals surface area contributed by atoms with Crippen LogP contribution < -0.4 is 10.6 Å². The van der Waals surface area contributed by atoms with E-state index >= 15 is 0 Å². The van der Waals surface area contributed by atoms with Crippen molar-refractivity contribution >= 4 is 29.5 Å². The lowest BCUT2D eigenvalue weighted by Crippen LogP contribution is -2.62. The minimum atomic E-state index is -4.64. The van der Waals surface area contributed by atoms with Crippen molar-refractivity contribution in [3.8, 4) is 0 Å². The van der Waals surface area contributed by atoms with Crippen molar-refractivity contribution in [2.24, 2.45) is 0 Å². The fourth-order valence-corrected chi connectivity index (χ4v) is 4.34. The maximum atomic E-state index is 13.4. The van der Waals surface area contributed by atoms with Crippen LogP contribution in [0.2, 0.25) is 0 Å². The molecule has 4 rings (SSSR count). The van der Waals surface area contributed by atoms with E-state index in [0.717, 1.165) is 23.8 Å². The highest BCUT2D eigenvalue weighted by Gasteiger charge is 2.38. The number of piperazine rings is 1. The number of nitrogens with one attached hydrogen (secondary N) is 2. The average Bonchev–Trinajstić information content (AvgIpc) is 2.99. The lowest BCUT2D eigenvalue weighted by molar-refractivity contribution is -0.137. The van der Waals surface area contributed by atoms with E-state index in [4.69, 9.17) is 0 Å². The van der Waals surface area contributed by atoms with Crippen LogP contribution in [0.3, 0.4) is 0 Å². The lowest BCUT2D eigenvalue weighted by atomic mass is 10.1. The van der Waals surface area contributed by atoms with Gasteiger partial charge in [0.25, 0.3) is 5.91 Å². The number of anilines is 1. The van der Waals surface area contributed by atoms with Crippen LogP contribution in [0.5, 0.6) is 0 Å². The van der Waals surface area contributed by atoms with Crippen LogP contribution in [0.15, 0.2) is 78.9 Å². The van der Waals surface area contributed by atoms with Crippen LogP contribution in [0, 0.1) is 0 Å². The standard InChI is InChI=1S/C29H27F3N4O5/c1-41-27(39)20-10-12-23(13-11-20)34-28(40)35-14-15-36(26(38)21-8-5-9-22(16-21)29(30,31)32)24(18-35)25(37)33-17-19-6-3-2-4-7-19/h2-13,16,24H,14-15,17-18H2,1H3,(H,33,37)(H,34,40). The van der Waals surface area contributed by atoms with Gasteiger partial charge in [0.05, 0.1) is 24.8 Å². The molecule has 0 spiro atoms. The second kappa shape index (κ2) is 12.5. The Balaban J connectivity index is 1.52. The van der Waals surface area contributed by atoms with Crippen LogP contribution in [0.25, 0.3) is 0 Å². The number of hydrogen-bond donors (Lipinski definition) is 2. The molecule has 0 saturated carbocycles. The van der Waals surface area contributed by atoms with Gasteiger partial charge in [0.2, 0.25) is 5.91 Å². The summed E-state index contributed by atoms with van der Waals surface area (Å²) >= 11 is 0. The first-order chi connectivity index (χ1) is 19.6. The van der Waals surface area contributed by atoms with E-state index in [-0.39, 0.29) is 31.7 Å². The topological polar surface area (TPSA) is 108 Å². The number of carbonyl (C=O) groups is 4. The predicted octanol–water partition coefficient (Wildman–Crippen LogP) is 4.17. The van der Waals surface area contributed by atoms with Crippen molar-refractivity contribution in [1.29, 1.82) is 0 Å². The molecular weight excluding hydrogens is 541 g/mol. The summed E-state index contributed by atoms with van der Waals surface area (Å²) in [4.78, 5) is 53.9. The monoisotopic (exact) mass is 568 g/mol. The third-order valence-corrected chi connectivity index (χ3v) is 6.53. The Morgan fingerprint density at radius 3 is 2.27 bits per heavy atom. The number of halogens is 3. The Hall–Kier alpha value is -4.87. The summed E-state index contributed by atoms with van der Waals surface area (Å²) in [5.41, 5.74) is 0.281. The van der Waals surface area contributed by atoms with E-state index in [0.29, 0.717) is 11.3 Å². The van der Waals surface area contributed by atoms with Gasteiger partial charge in [0.1, 0.15) is 6.04 Å². The zero-order chi connectivity index (χ0) is 29.6. The molecule has 1 atom stereocenters. The summed E-state index contributed by atoms with van der Waals surface area (Å²) in [5, 5.41) is 5.44. The molecule has 0 radical (unpaired) electrons. The molecule has 41 heavy (non-hydrogen) atoms. The molecule has 2 N–H and O–H groups in total. The molecule has 1 fully saturated rings. The summed E-state index contributed by atoms with van der Waals surface area (Å²) in [6.07, 6.45) is -4.64. The highest BCUT2D eigenvalue weighted by atomic mass is 19.4. The number of ether oxygens (including phenoxy) is 1. The van der Waals surface area contributed by atoms with Crippen LogP contribution in [-0.2, 0) is 22.3 Å². The SMILES string of the molecule is COC(=O)c1ccc(NC(=O)N2CCN(C(=O)c3cccc(C(F)(F)F)c3)C(C(=O)NCc3ccccc3)C2)cc1. The molecule has 9 nitrogen and oxygen atoms in total. The van der Waals surface area contributed by atoms with E-state index in [1.54, 1.807) is 24.3 Å². The van der Waals surface area contributed by atoms with Crippen LogP contribution in [-0.4, -0.2) is 66.4 Å². The fourth-order valence-electron chi connectivity index (χ4n) is 4.34. The van der Waals surface area contributed by atoms with Gasteiger partial charge in [-0.1, -0.05) is 36.4 Å². The molecule has 1 unspecified atom stereocenters. The van der Waals surface area contributed by atoms with Crippen LogP contribution in [0.4, 0.5) is 23.7 Å². The minimum absolute atomic E-state index is 0.0270. The number of esters is 1. The molecule has 1 saturated heterocycles. The van der Waals surface area contributed by atoms with Crippen molar-refractivity contribution in [1.82, 2.24) is 15.1 Å². The van der Waals surface area contributed by atoms with Gasteiger partial charge in [-0.15, -0.1) is 0 Å². The van der Waals surface area contributed by atoms with Gasteiger partial charge in [-0.05, 0) is 48.0 Å². The largest absolute Gasteiger partial charge is 0.465 e. The number of benzene rings is 3. The van der Waals surface area contributed by atoms with Gasteiger partial charge in [0, 0.05) is 30.9 Å². The third-order valence-electron chi connectivity index (χ3n) is 6.53. The van der Waals surface area contributed by atoms with E-state index in [1.807, 2.05) is 6.07 Å². The molecule has 1 heterocycles. The zero-order valence-corrected chi connectivity index (χ0v) is 22.0. The Bertz CT molecular complexity index is 1410. The number of carbonyl (C=O) groups excluding carboxylic acids is 4. The van der Waals surface area contributed by atoms with E-state index in [9.17, 15) is 32.3 Å². The van der Waals surface area contributed by atoms with Crippen LogP contribution >= 0.6 is 0 Å². The third kappa shape index (κ3) is 7.21. The number of rotatable bonds is 6. The molecule has 4 amide bonds. The smallest absolute Gasteiger partial charge is 0.416 e. The fraction of sp³-hybridized carbons (Fsp3) is 0.241. The van der Waals surface area contributed by atoms with Crippen molar-refractivity contribution in [2.45, 2.75) is 18.8 Å². The van der Waals surface area contributed by atoms with Gasteiger partial charge in [-0.2, -0.15) is 13.2 Å². The number of alkyl halides is 3. The molecule has 0 bridgehead atoms. The molecule has 12 heteroatoms. The molecule has 0 aromatic heterocycles. The number of hydrogen-bond acceptors (Lipinski definition) is 5. The molecule has 3 aromatic carbocycles. The summed E-state index contributed by atoms with van der Waals surface area (Å²) in [7, 11) is 1.25. The molecule has 0 aliphatic carbocycles. The zero-order valence-electron chi connectivity index (χ0n) is 22.0. The second-order valence-corrected chi connectivity index (χ2v) is 9.24. The van der Waals surface area contributed by atoms with Crippen LogP contribution in [0.1, 0.15) is 31.8 Å². The van der Waals surface area contributed by atoms with E-state index < -0.39 is 41.6 Å². The number of nitrogens with zero attached hydrogens (tertiary/aromatic N) is 2. The quantitative estimate of drug-likeness (QED) is 0.434. The Kier molecular flexibility index (Phi) is 8.91. The first kappa shape index (κ1) is 29.1. The molecule has 1 aliphatic rings. The van der Waals surface area contributed by atoms with Crippen molar-refractivity contribution in [3.05, 3.63) is 101 Å². The highest BCUT2D eigenvalue weighted by Crippen LogP contribution is 2.30. The first-order valence-corrected chi connectivity index (χ1v) is 12.6. The number of methoxy groups -OCH3 is 1. The number of urea groups is 1. The van der Waals surface area contributed by atoms with Gasteiger partial charge in [-0.3, -0.25) is 9.59 Å². The van der Waals surface area contributed by atoms with Gasteiger partial charge in [0.15, 0.2) is 0 Å². The normalized spacial score (nSPS) is 15.2. The maximum absolute atomic E-state index is 13.4. The average molecular weight is 569 g/mol. The summed E-state index contributed by atoms with van der Waals surface area (Å²) in [6.45, 7) is -0.107. The Labute approximate surface area is 233 Å². The second-order valence-electron chi connectivity index (χ2n) is 9.24. The highest BCUT2D eigenvalue weighted by molar-refractivity contribution is 5.99. The minimum Gasteiger partial charge on any atom is -0.465 e. The van der Waals surface area contributed by atoms with E-state index in [2.05, 4.69) is 15.4 Å². The summed E-state index contributed by atoms with van der Waals surface area (Å²) in [5.74, 6) is -1.85. The molecular formula is C29H27F3N4O5. The van der Waals surface area contributed by atoms with Crippen molar-refractivity contribution in [2.75, 3.05) is 32.1 Å². The summed E-state index contributed by atoms with van der Waals surface area (Å²) in [6, 6.07) is 17.3. The molecule has 214 valence electrons. The van der Waals surface area contributed by atoms with E-state index in [1.165, 1.54) is 47.2 Å². The maximum Gasteiger partial charge on any atom is 0.416 e. The van der Waals surface area contributed by atoms with Gasteiger partial charge in [-0.25, -0.2) is 9.59 Å². The van der Waals surface area contributed by atoms with Gasteiger partial charge < -0.3 is 25.2 Å². The van der Waals surface area contributed by atoms with Crippen molar-refractivity contribution in [3.63, 3.8) is 0 Å². The number of amides is 4. The Morgan fingerprint density at radius 1 is 0.902 bits per heavy atom.